The van der Waals surface area contributed by atoms with Crippen molar-refractivity contribution in [3.05, 3.63) is 57.8 Å². The van der Waals surface area contributed by atoms with Crippen LogP contribution in [0.2, 0.25) is 10.0 Å². The predicted octanol–water partition coefficient (Wildman–Crippen LogP) is 2.83. The summed E-state index contributed by atoms with van der Waals surface area (Å²) in [5, 5.41) is 23.7. The number of carbonyl (C=O) groups is 1. The molecule has 0 bridgehead atoms. The fourth-order valence-corrected chi connectivity index (χ4v) is 4.20. The number of amides is 1. The third-order valence-electron chi connectivity index (χ3n) is 5.03. The van der Waals surface area contributed by atoms with Crippen LogP contribution in [0.3, 0.4) is 0 Å². The van der Waals surface area contributed by atoms with Crippen LogP contribution in [-0.2, 0) is 17.9 Å². The van der Waals surface area contributed by atoms with Gasteiger partial charge in [0.25, 0.3) is 0 Å². The minimum atomic E-state index is -0.631. The summed E-state index contributed by atoms with van der Waals surface area (Å²) in [5.74, 6) is 0.373. The monoisotopic (exact) mass is 434 g/mol. The van der Waals surface area contributed by atoms with E-state index >= 15 is 0 Å². The Hall–Kier alpha value is -2.32. The van der Waals surface area contributed by atoms with Crippen molar-refractivity contribution in [2.75, 3.05) is 6.54 Å². The SMILES string of the molecule is O=C(NCc1nc2ccccc2[nH]1)C1C[C@@H](O)CN1Cc1cc(Cl)cc(Cl)c1O. The van der Waals surface area contributed by atoms with Crippen molar-refractivity contribution >= 4 is 40.1 Å². The number of para-hydroxylation sites is 2. The van der Waals surface area contributed by atoms with Gasteiger partial charge in [0.05, 0.1) is 34.7 Å². The van der Waals surface area contributed by atoms with Gasteiger partial charge in [-0.05, 0) is 30.7 Å². The van der Waals surface area contributed by atoms with Gasteiger partial charge in [-0.3, -0.25) is 9.69 Å². The summed E-state index contributed by atoms with van der Waals surface area (Å²) in [4.78, 5) is 22.2. The Morgan fingerprint density at radius 2 is 2.10 bits per heavy atom. The number of phenolic OH excluding ortho intramolecular Hbond substituents is 1. The van der Waals surface area contributed by atoms with E-state index in [0.717, 1.165) is 11.0 Å². The summed E-state index contributed by atoms with van der Waals surface area (Å²) in [6.45, 7) is 0.806. The number of hydrogen-bond donors (Lipinski definition) is 4. The van der Waals surface area contributed by atoms with Gasteiger partial charge in [-0.1, -0.05) is 35.3 Å². The molecule has 1 aliphatic rings. The molecule has 4 N–H and O–H groups in total. The molecule has 0 spiro atoms. The van der Waals surface area contributed by atoms with Gasteiger partial charge in [0.15, 0.2) is 0 Å². The van der Waals surface area contributed by atoms with Crippen LogP contribution in [0.4, 0.5) is 0 Å². The number of halogens is 2. The molecule has 2 heterocycles. The number of likely N-dealkylation sites (tertiary alicyclic amines) is 1. The van der Waals surface area contributed by atoms with Crippen LogP contribution >= 0.6 is 23.2 Å². The highest BCUT2D eigenvalue weighted by molar-refractivity contribution is 6.35. The zero-order valence-corrected chi connectivity index (χ0v) is 16.9. The standard InChI is InChI=1S/C20H20Cl2N4O3/c21-12-5-11(19(28)14(22)6-12)9-26-10-13(27)7-17(26)20(29)23-8-18-24-15-3-1-2-4-16(15)25-18/h1-6,13,17,27-28H,7-10H2,(H,23,29)(H,24,25)/t13-,17?/m1/s1. The molecule has 1 unspecified atom stereocenters. The third kappa shape index (κ3) is 4.33. The number of carbonyl (C=O) groups excluding carboxylic acids is 1. The van der Waals surface area contributed by atoms with Crippen LogP contribution in [0, 0.1) is 0 Å². The number of phenols is 1. The summed E-state index contributed by atoms with van der Waals surface area (Å²) in [6, 6.07) is 10.2. The Balaban J connectivity index is 1.45. The molecule has 4 rings (SSSR count). The Bertz CT molecular complexity index is 1020. The lowest BCUT2D eigenvalue weighted by atomic mass is 10.1. The van der Waals surface area contributed by atoms with Gasteiger partial charge in [-0.25, -0.2) is 4.98 Å². The Kier molecular flexibility index (Phi) is 5.65. The summed E-state index contributed by atoms with van der Waals surface area (Å²) >= 11 is 12.0. The number of H-pyrrole nitrogens is 1. The van der Waals surface area contributed by atoms with E-state index in [2.05, 4.69) is 15.3 Å². The second-order valence-corrected chi connectivity index (χ2v) is 7.99. The van der Waals surface area contributed by atoms with E-state index in [4.69, 9.17) is 23.2 Å². The van der Waals surface area contributed by atoms with Crippen molar-refractivity contribution in [1.82, 2.24) is 20.2 Å². The van der Waals surface area contributed by atoms with E-state index < -0.39 is 12.1 Å². The van der Waals surface area contributed by atoms with Crippen molar-refractivity contribution in [3.8, 4) is 5.75 Å². The van der Waals surface area contributed by atoms with Gasteiger partial charge in [0, 0.05) is 23.7 Å². The van der Waals surface area contributed by atoms with Gasteiger partial charge in [0.1, 0.15) is 11.6 Å². The lowest BCUT2D eigenvalue weighted by Gasteiger charge is -2.24. The number of aliphatic hydroxyl groups excluding tert-OH is 1. The lowest BCUT2D eigenvalue weighted by molar-refractivity contribution is -0.125. The molecule has 9 heteroatoms. The second-order valence-electron chi connectivity index (χ2n) is 7.15. The van der Waals surface area contributed by atoms with Crippen LogP contribution in [0.1, 0.15) is 17.8 Å². The van der Waals surface area contributed by atoms with Crippen LogP contribution in [0.5, 0.6) is 5.75 Å². The number of fused-ring (bicyclic) bond motifs is 1. The number of benzene rings is 2. The number of nitrogens with one attached hydrogen (secondary N) is 2. The smallest absolute Gasteiger partial charge is 0.237 e. The zero-order chi connectivity index (χ0) is 20.5. The Labute approximate surface area is 177 Å². The molecule has 29 heavy (non-hydrogen) atoms. The average Bonchev–Trinajstić information content (AvgIpc) is 3.26. The Morgan fingerprint density at radius 3 is 2.90 bits per heavy atom. The van der Waals surface area contributed by atoms with E-state index in [9.17, 15) is 15.0 Å². The number of aromatic nitrogens is 2. The first-order valence-electron chi connectivity index (χ1n) is 9.21. The molecule has 3 aromatic rings. The normalized spacial score (nSPS) is 19.7. The van der Waals surface area contributed by atoms with Gasteiger partial charge in [0.2, 0.25) is 5.91 Å². The number of nitrogens with zero attached hydrogens (tertiary/aromatic N) is 2. The fourth-order valence-electron chi connectivity index (χ4n) is 3.66. The maximum absolute atomic E-state index is 12.8. The molecular formula is C20H20Cl2N4O3. The van der Waals surface area contributed by atoms with Crippen molar-refractivity contribution in [2.24, 2.45) is 0 Å². The molecule has 152 valence electrons. The molecule has 1 aromatic heterocycles. The maximum atomic E-state index is 12.8. The predicted molar refractivity (Wildman–Crippen MR) is 111 cm³/mol. The molecular weight excluding hydrogens is 415 g/mol. The van der Waals surface area contributed by atoms with E-state index in [-0.39, 0.29) is 29.8 Å². The zero-order valence-electron chi connectivity index (χ0n) is 15.4. The first kappa shape index (κ1) is 20.0. The van der Waals surface area contributed by atoms with E-state index in [1.807, 2.05) is 24.3 Å². The second kappa shape index (κ2) is 8.20. The number of imidazole rings is 1. The molecule has 0 radical (unpaired) electrons. The number of β-amino-alcohol motifs (C(OH)–C–C–N with tert-alkyl or cyclic N) is 1. The van der Waals surface area contributed by atoms with E-state index in [1.54, 1.807) is 11.0 Å². The average molecular weight is 435 g/mol. The van der Waals surface area contributed by atoms with Gasteiger partial charge in [-0.2, -0.15) is 0 Å². The molecule has 1 amide bonds. The highest BCUT2D eigenvalue weighted by Crippen LogP contribution is 2.33. The minimum absolute atomic E-state index is 0.0705. The lowest BCUT2D eigenvalue weighted by Crippen LogP contribution is -2.42. The van der Waals surface area contributed by atoms with Crippen molar-refractivity contribution < 1.29 is 15.0 Å². The first-order valence-corrected chi connectivity index (χ1v) is 9.96. The topological polar surface area (TPSA) is 101 Å². The third-order valence-corrected chi connectivity index (χ3v) is 5.54. The number of aromatic hydroxyl groups is 1. The number of aliphatic hydroxyl groups is 1. The summed E-state index contributed by atoms with van der Waals surface area (Å²) in [7, 11) is 0. The van der Waals surface area contributed by atoms with Crippen LogP contribution < -0.4 is 5.32 Å². The van der Waals surface area contributed by atoms with Gasteiger partial charge < -0.3 is 20.5 Å². The van der Waals surface area contributed by atoms with Gasteiger partial charge in [-0.15, -0.1) is 0 Å². The maximum Gasteiger partial charge on any atom is 0.237 e. The summed E-state index contributed by atoms with van der Waals surface area (Å²) in [6.07, 6.45) is -0.324. The highest BCUT2D eigenvalue weighted by Gasteiger charge is 2.36. The molecule has 0 aliphatic carbocycles. The summed E-state index contributed by atoms with van der Waals surface area (Å²) < 4.78 is 0. The Morgan fingerprint density at radius 1 is 1.31 bits per heavy atom. The van der Waals surface area contributed by atoms with Crippen LogP contribution in [0.25, 0.3) is 11.0 Å². The molecule has 0 saturated carbocycles. The minimum Gasteiger partial charge on any atom is -0.506 e. The number of aromatic amines is 1. The van der Waals surface area contributed by atoms with Gasteiger partial charge >= 0.3 is 0 Å². The number of rotatable bonds is 5. The van der Waals surface area contributed by atoms with Crippen molar-refractivity contribution in [3.63, 3.8) is 0 Å². The fraction of sp³-hybridized carbons (Fsp3) is 0.300. The largest absolute Gasteiger partial charge is 0.506 e. The molecule has 2 aromatic carbocycles. The summed E-state index contributed by atoms with van der Waals surface area (Å²) in [5.41, 5.74) is 2.25. The van der Waals surface area contributed by atoms with E-state index in [1.165, 1.54) is 6.07 Å². The molecule has 7 nitrogen and oxygen atoms in total. The van der Waals surface area contributed by atoms with Crippen molar-refractivity contribution in [2.45, 2.75) is 31.7 Å². The molecule has 1 fully saturated rings. The van der Waals surface area contributed by atoms with Crippen LogP contribution in [0.15, 0.2) is 36.4 Å². The molecule has 2 atom stereocenters. The number of hydrogen-bond acceptors (Lipinski definition) is 5. The molecule has 1 saturated heterocycles. The van der Waals surface area contributed by atoms with Crippen LogP contribution in [-0.4, -0.2) is 49.7 Å². The molecule has 1 aliphatic heterocycles. The quantitative estimate of drug-likeness (QED) is 0.494. The van der Waals surface area contributed by atoms with E-state index in [0.29, 0.717) is 29.4 Å². The van der Waals surface area contributed by atoms with Crippen molar-refractivity contribution in [1.29, 1.82) is 0 Å². The highest BCUT2D eigenvalue weighted by atomic mass is 35.5. The first-order chi connectivity index (χ1) is 13.9.